The molecule has 150 valence electrons. The number of hydrogen-bond acceptors (Lipinski definition) is 3. The Hall–Kier alpha value is -3.03. The molecule has 0 heterocycles. The van der Waals surface area contributed by atoms with Crippen LogP contribution in [0.25, 0.3) is 0 Å². The topological polar surface area (TPSA) is 75.6 Å². The van der Waals surface area contributed by atoms with Gasteiger partial charge in [-0.25, -0.2) is 0 Å². The minimum Gasteiger partial charge on any atom is -0.481 e. The van der Waals surface area contributed by atoms with E-state index in [0.717, 1.165) is 23.3 Å². The quantitative estimate of drug-likeness (QED) is 0.728. The molecule has 0 aliphatic heterocycles. The van der Waals surface area contributed by atoms with Crippen molar-refractivity contribution in [3.05, 3.63) is 59.7 Å². The highest BCUT2D eigenvalue weighted by molar-refractivity contribution is 5.94. The minimum absolute atomic E-state index is 0.183. The number of carboxylic acid groups (broad SMARTS) is 1. The number of aryl methyl sites for hydroxylation is 1. The Morgan fingerprint density at radius 2 is 1.64 bits per heavy atom. The molecule has 0 saturated heterocycles. The van der Waals surface area contributed by atoms with Crippen molar-refractivity contribution >= 4 is 17.6 Å². The maximum Gasteiger partial charge on any atom is 0.573 e. The fourth-order valence-corrected chi connectivity index (χ4v) is 2.63. The number of rotatable bonds is 7. The summed E-state index contributed by atoms with van der Waals surface area (Å²) in [6.07, 6.45) is -4.62. The third kappa shape index (κ3) is 6.29. The zero-order valence-electron chi connectivity index (χ0n) is 15.3. The van der Waals surface area contributed by atoms with Crippen molar-refractivity contribution in [2.75, 3.05) is 5.32 Å². The molecule has 28 heavy (non-hydrogen) atoms. The standard InChI is InChI=1S/C20H20F3NO4/c1-12-3-5-14(6-4-12)11-17(19(26)27)13(2)18(25)24-15-7-9-16(10-8-15)28-20(21,22)23/h3-10,13,17H,11H2,1-2H3,(H,24,25)(H,26,27)/t13-,17-/m0/s1. The molecule has 2 atom stereocenters. The number of benzene rings is 2. The number of carbonyl (C=O) groups is 2. The number of hydrogen-bond donors (Lipinski definition) is 2. The van der Waals surface area contributed by atoms with E-state index < -0.39 is 35.8 Å². The lowest BCUT2D eigenvalue weighted by atomic mass is 9.87. The second kappa shape index (κ2) is 8.77. The number of carbonyl (C=O) groups excluding carboxylic acids is 1. The third-order valence-electron chi connectivity index (χ3n) is 4.27. The number of aliphatic carboxylic acids is 1. The van der Waals surface area contributed by atoms with E-state index in [9.17, 15) is 27.9 Å². The van der Waals surface area contributed by atoms with E-state index in [1.54, 1.807) is 0 Å². The summed E-state index contributed by atoms with van der Waals surface area (Å²) in [4.78, 5) is 24.1. The normalized spacial score (nSPS) is 13.5. The first kappa shape index (κ1) is 21.3. The van der Waals surface area contributed by atoms with Crippen LogP contribution in [0.15, 0.2) is 48.5 Å². The van der Waals surface area contributed by atoms with Crippen molar-refractivity contribution in [3.63, 3.8) is 0 Å². The van der Waals surface area contributed by atoms with Crippen LogP contribution in [0, 0.1) is 18.8 Å². The first-order chi connectivity index (χ1) is 13.0. The zero-order chi connectivity index (χ0) is 20.9. The monoisotopic (exact) mass is 395 g/mol. The van der Waals surface area contributed by atoms with Gasteiger partial charge in [0.15, 0.2) is 0 Å². The molecule has 0 radical (unpaired) electrons. The van der Waals surface area contributed by atoms with Crippen LogP contribution in [0.3, 0.4) is 0 Å². The number of ether oxygens (including phenoxy) is 1. The average molecular weight is 395 g/mol. The molecule has 0 aliphatic carbocycles. The Bertz CT molecular complexity index is 817. The van der Waals surface area contributed by atoms with Crippen molar-refractivity contribution in [3.8, 4) is 5.75 Å². The van der Waals surface area contributed by atoms with Gasteiger partial charge in [-0.15, -0.1) is 13.2 Å². The third-order valence-corrected chi connectivity index (χ3v) is 4.27. The highest BCUT2D eigenvalue weighted by Crippen LogP contribution is 2.25. The molecule has 8 heteroatoms. The van der Waals surface area contributed by atoms with Crippen molar-refractivity contribution in [2.24, 2.45) is 11.8 Å². The minimum atomic E-state index is -4.80. The molecule has 0 aromatic heterocycles. The number of carboxylic acids is 1. The van der Waals surface area contributed by atoms with Gasteiger partial charge in [0.1, 0.15) is 5.75 Å². The predicted molar refractivity (Wildman–Crippen MR) is 96.9 cm³/mol. The van der Waals surface area contributed by atoms with Gasteiger partial charge in [-0.3, -0.25) is 9.59 Å². The Kier molecular flexibility index (Phi) is 6.66. The summed E-state index contributed by atoms with van der Waals surface area (Å²) in [5.41, 5.74) is 2.08. The molecule has 0 unspecified atom stereocenters. The maximum atomic E-state index is 12.4. The Morgan fingerprint density at radius 1 is 1.07 bits per heavy atom. The molecular formula is C20H20F3NO4. The van der Waals surface area contributed by atoms with Gasteiger partial charge in [-0.05, 0) is 43.2 Å². The smallest absolute Gasteiger partial charge is 0.481 e. The molecule has 0 spiro atoms. The van der Waals surface area contributed by atoms with Gasteiger partial charge in [0, 0.05) is 11.6 Å². The Labute approximate surface area is 160 Å². The van der Waals surface area contributed by atoms with E-state index in [4.69, 9.17) is 0 Å². The van der Waals surface area contributed by atoms with Crippen LogP contribution >= 0.6 is 0 Å². The van der Waals surface area contributed by atoms with Gasteiger partial charge in [0.2, 0.25) is 5.91 Å². The van der Waals surface area contributed by atoms with E-state index in [1.807, 2.05) is 31.2 Å². The summed E-state index contributed by atoms with van der Waals surface area (Å²) in [6.45, 7) is 3.42. The van der Waals surface area contributed by atoms with Crippen LogP contribution in [0.1, 0.15) is 18.1 Å². The van der Waals surface area contributed by atoms with E-state index in [1.165, 1.54) is 19.1 Å². The fraction of sp³-hybridized carbons (Fsp3) is 0.300. The van der Waals surface area contributed by atoms with E-state index in [-0.39, 0.29) is 12.1 Å². The van der Waals surface area contributed by atoms with Gasteiger partial charge in [0.05, 0.1) is 5.92 Å². The fourth-order valence-electron chi connectivity index (χ4n) is 2.63. The van der Waals surface area contributed by atoms with Gasteiger partial charge in [0.25, 0.3) is 0 Å². The van der Waals surface area contributed by atoms with E-state index >= 15 is 0 Å². The van der Waals surface area contributed by atoms with Gasteiger partial charge in [-0.2, -0.15) is 0 Å². The molecule has 2 rings (SSSR count). The average Bonchev–Trinajstić information content (AvgIpc) is 2.60. The lowest BCUT2D eigenvalue weighted by molar-refractivity contribution is -0.274. The summed E-state index contributed by atoms with van der Waals surface area (Å²) >= 11 is 0. The summed E-state index contributed by atoms with van der Waals surface area (Å²) in [7, 11) is 0. The first-order valence-electron chi connectivity index (χ1n) is 8.50. The van der Waals surface area contributed by atoms with Gasteiger partial charge < -0.3 is 15.2 Å². The van der Waals surface area contributed by atoms with Crippen LogP contribution < -0.4 is 10.1 Å². The second-order valence-corrected chi connectivity index (χ2v) is 6.48. The van der Waals surface area contributed by atoms with Crippen molar-refractivity contribution in [1.29, 1.82) is 0 Å². The summed E-state index contributed by atoms with van der Waals surface area (Å²) < 4.78 is 40.3. The first-order valence-corrected chi connectivity index (χ1v) is 8.50. The van der Waals surface area contributed by atoms with Crippen LogP contribution in [-0.4, -0.2) is 23.3 Å². The number of nitrogens with one attached hydrogen (secondary N) is 1. The molecule has 2 aromatic rings. The van der Waals surface area contributed by atoms with Gasteiger partial charge in [-0.1, -0.05) is 36.8 Å². The van der Waals surface area contributed by atoms with Crippen LogP contribution in [-0.2, 0) is 16.0 Å². The highest BCUT2D eigenvalue weighted by Gasteiger charge is 2.32. The molecule has 0 saturated carbocycles. The summed E-state index contributed by atoms with van der Waals surface area (Å²) in [5, 5.41) is 12.0. The Balaban J connectivity index is 2.04. The van der Waals surface area contributed by atoms with Crippen molar-refractivity contribution in [2.45, 2.75) is 26.6 Å². The maximum absolute atomic E-state index is 12.4. The molecule has 1 amide bonds. The SMILES string of the molecule is Cc1ccc(C[C@H](C(=O)O)[C@H](C)C(=O)Nc2ccc(OC(F)(F)F)cc2)cc1. The van der Waals surface area contributed by atoms with Crippen LogP contribution in [0.4, 0.5) is 18.9 Å². The summed E-state index contributed by atoms with van der Waals surface area (Å²) in [5.74, 6) is -3.86. The molecule has 2 N–H and O–H groups in total. The molecule has 5 nitrogen and oxygen atoms in total. The molecule has 2 aromatic carbocycles. The van der Waals surface area contributed by atoms with Crippen LogP contribution in [0.5, 0.6) is 5.75 Å². The molecule has 0 bridgehead atoms. The highest BCUT2D eigenvalue weighted by atomic mass is 19.4. The number of alkyl halides is 3. The predicted octanol–water partition coefficient (Wildman–Crippen LogP) is 4.41. The van der Waals surface area contributed by atoms with Crippen molar-refractivity contribution < 1.29 is 32.6 Å². The number of amides is 1. The Morgan fingerprint density at radius 3 is 2.14 bits per heavy atom. The number of halogens is 3. The summed E-state index contributed by atoms with van der Waals surface area (Å²) in [6, 6.07) is 12.0. The molecule has 0 fully saturated rings. The van der Waals surface area contributed by atoms with E-state index in [0.29, 0.717) is 0 Å². The largest absolute Gasteiger partial charge is 0.573 e. The van der Waals surface area contributed by atoms with E-state index in [2.05, 4.69) is 10.1 Å². The van der Waals surface area contributed by atoms with Crippen molar-refractivity contribution in [1.82, 2.24) is 0 Å². The second-order valence-electron chi connectivity index (χ2n) is 6.48. The molecule has 0 aliphatic rings. The molecular weight excluding hydrogens is 375 g/mol. The lowest BCUT2D eigenvalue weighted by Crippen LogP contribution is -2.33. The number of anilines is 1. The van der Waals surface area contributed by atoms with Gasteiger partial charge >= 0.3 is 12.3 Å². The lowest BCUT2D eigenvalue weighted by Gasteiger charge is -2.20. The van der Waals surface area contributed by atoms with Crippen LogP contribution in [0.2, 0.25) is 0 Å². The zero-order valence-corrected chi connectivity index (χ0v) is 15.3.